The molecule has 2 nitrogen and oxygen atoms in total. The van der Waals surface area contributed by atoms with E-state index in [1.807, 2.05) is 6.92 Å². The first-order valence-corrected chi connectivity index (χ1v) is 4.87. The summed E-state index contributed by atoms with van der Waals surface area (Å²) in [7, 11) is 0. The van der Waals surface area contributed by atoms with Gasteiger partial charge in [0.1, 0.15) is 0 Å². The van der Waals surface area contributed by atoms with Crippen LogP contribution in [0.25, 0.3) is 0 Å². The lowest BCUT2D eigenvalue weighted by Crippen LogP contribution is -2.36. The fraction of sp³-hybridized carbons (Fsp3) is 0.900. The third-order valence-corrected chi connectivity index (χ3v) is 3.67. The minimum absolute atomic E-state index is 0.0188. The molecule has 12 heavy (non-hydrogen) atoms. The van der Waals surface area contributed by atoms with Gasteiger partial charge < -0.3 is 4.74 Å². The predicted octanol–water partition coefficient (Wildman–Crippen LogP) is 1.84. The Labute approximate surface area is 73.3 Å². The van der Waals surface area contributed by atoms with E-state index >= 15 is 0 Å². The smallest absolute Gasteiger partial charge is 0.308 e. The molecule has 0 aromatic carbocycles. The molecule has 2 fully saturated rings. The van der Waals surface area contributed by atoms with Gasteiger partial charge in [0.25, 0.3) is 0 Å². The fourth-order valence-electron chi connectivity index (χ4n) is 2.70. The SMILES string of the molecule is CC1CC[C@@H]2[C@@H](C)C(=O)OC[C@@H]12. The van der Waals surface area contributed by atoms with Crippen LogP contribution in [0.3, 0.4) is 0 Å². The monoisotopic (exact) mass is 168 g/mol. The highest BCUT2D eigenvalue weighted by molar-refractivity contribution is 5.73. The zero-order chi connectivity index (χ0) is 8.72. The van der Waals surface area contributed by atoms with Crippen molar-refractivity contribution in [2.75, 3.05) is 6.61 Å². The van der Waals surface area contributed by atoms with Gasteiger partial charge in [0.2, 0.25) is 0 Å². The molecule has 0 spiro atoms. The van der Waals surface area contributed by atoms with E-state index in [9.17, 15) is 4.79 Å². The number of hydrogen-bond donors (Lipinski definition) is 0. The highest BCUT2D eigenvalue weighted by Crippen LogP contribution is 2.43. The molecule has 2 rings (SSSR count). The van der Waals surface area contributed by atoms with Crippen molar-refractivity contribution in [3.63, 3.8) is 0 Å². The van der Waals surface area contributed by atoms with Gasteiger partial charge in [0.15, 0.2) is 0 Å². The number of carbonyl (C=O) groups is 1. The molecule has 2 aliphatic rings. The van der Waals surface area contributed by atoms with E-state index in [0.29, 0.717) is 18.4 Å². The summed E-state index contributed by atoms with van der Waals surface area (Å²) in [6, 6.07) is 0. The second kappa shape index (κ2) is 2.75. The van der Waals surface area contributed by atoms with Gasteiger partial charge >= 0.3 is 5.97 Å². The summed E-state index contributed by atoms with van der Waals surface area (Å²) in [5, 5.41) is 0. The fourth-order valence-corrected chi connectivity index (χ4v) is 2.70. The Morgan fingerprint density at radius 2 is 2.00 bits per heavy atom. The van der Waals surface area contributed by atoms with Crippen LogP contribution in [0.4, 0.5) is 0 Å². The molecule has 0 amide bonds. The second-order valence-electron chi connectivity index (χ2n) is 4.30. The lowest BCUT2D eigenvalue weighted by atomic mass is 9.81. The lowest BCUT2D eigenvalue weighted by Gasteiger charge is -2.31. The van der Waals surface area contributed by atoms with Crippen molar-refractivity contribution >= 4 is 5.97 Å². The highest BCUT2D eigenvalue weighted by atomic mass is 16.5. The van der Waals surface area contributed by atoms with Gasteiger partial charge in [-0.3, -0.25) is 4.79 Å². The van der Waals surface area contributed by atoms with E-state index in [1.54, 1.807) is 0 Å². The van der Waals surface area contributed by atoms with Crippen LogP contribution in [0, 0.1) is 23.7 Å². The molecule has 0 N–H and O–H groups in total. The molecule has 1 aliphatic carbocycles. The largest absolute Gasteiger partial charge is 0.465 e. The Hall–Kier alpha value is -0.530. The summed E-state index contributed by atoms with van der Waals surface area (Å²) in [5.74, 6) is 2.18. The summed E-state index contributed by atoms with van der Waals surface area (Å²) in [4.78, 5) is 11.2. The average molecular weight is 168 g/mol. The van der Waals surface area contributed by atoms with E-state index < -0.39 is 0 Å². The van der Waals surface area contributed by atoms with E-state index in [0.717, 1.165) is 5.92 Å². The van der Waals surface area contributed by atoms with Crippen LogP contribution >= 0.6 is 0 Å². The molecule has 4 atom stereocenters. The Kier molecular flexibility index (Phi) is 1.85. The minimum Gasteiger partial charge on any atom is -0.465 e. The van der Waals surface area contributed by atoms with Crippen molar-refractivity contribution in [1.29, 1.82) is 0 Å². The molecular formula is C10H16O2. The van der Waals surface area contributed by atoms with Crippen LogP contribution in [-0.2, 0) is 9.53 Å². The first kappa shape index (κ1) is 8.09. The van der Waals surface area contributed by atoms with Crippen molar-refractivity contribution in [1.82, 2.24) is 0 Å². The van der Waals surface area contributed by atoms with Crippen molar-refractivity contribution in [2.24, 2.45) is 23.7 Å². The van der Waals surface area contributed by atoms with Crippen molar-refractivity contribution < 1.29 is 9.53 Å². The van der Waals surface area contributed by atoms with Gasteiger partial charge in [-0.25, -0.2) is 0 Å². The first-order valence-electron chi connectivity index (χ1n) is 4.87. The average Bonchev–Trinajstić information content (AvgIpc) is 2.41. The molecule has 68 valence electrons. The molecule has 0 aromatic heterocycles. The lowest BCUT2D eigenvalue weighted by molar-refractivity contribution is -0.159. The standard InChI is InChI=1S/C10H16O2/c1-6-3-4-8-7(2)10(11)12-5-9(6)8/h6-9H,3-5H2,1-2H3/t6?,7-,8-,9+/m1/s1. The van der Waals surface area contributed by atoms with Crippen LogP contribution < -0.4 is 0 Å². The quantitative estimate of drug-likeness (QED) is 0.516. The topological polar surface area (TPSA) is 26.3 Å². The van der Waals surface area contributed by atoms with Gasteiger partial charge in [-0.05, 0) is 24.2 Å². The van der Waals surface area contributed by atoms with Crippen molar-refractivity contribution in [3.8, 4) is 0 Å². The molecule has 1 saturated carbocycles. The van der Waals surface area contributed by atoms with E-state index in [-0.39, 0.29) is 11.9 Å². The third kappa shape index (κ3) is 1.05. The Morgan fingerprint density at radius 1 is 1.25 bits per heavy atom. The maximum Gasteiger partial charge on any atom is 0.308 e. The number of fused-ring (bicyclic) bond motifs is 1. The van der Waals surface area contributed by atoms with Crippen LogP contribution in [0.2, 0.25) is 0 Å². The molecule has 0 aromatic rings. The molecule has 1 unspecified atom stereocenters. The summed E-state index contributed by atoms with van der Waals surface area (Å²) < 4.78 is 5.14. The first-order chi connectivity index (χ1) is 5.70. The van der Waals surface area contributed by atoms with E-state index in [4.69, 9.17) is 4.74 Å². The number of carbonyl (C=O) groups excluding carboxylic acids is 1. The van der Waals surface area contributed by atoms with Gasteiger partial charge in [0, 0.05) is 0 Å². The van der Waals surface area contributed by atoms with Crippen LogP contribution in [0.15, 0.2) is 0 Å². The Balaban J connectivity index is 2.14. The summed E-state index contributed by atoms with van der Waals surface area (Å²) in [6.45, 7) is 4.96. The van der Waals surface area contributed by atoms with E-state index in [2.05, 4.69) is 6.92 Å². The number of rotatable bonds is 0. The predicted molar refractivity (Wildman–Crippen MR) is 45.5 cm³/mol. The van der Waals surface area contributed by atoms with Gasteiger partial charge in [0.05, 0.1) is 12.5 Å². The van der Waals surface area contributed by atoms with E-state index in [1.165, 1.54) is 12.8 Å². The van der Waals surface area contributed by atoms with Crippen LogP contribution in [-0.4, -0.2) is 12.6 Å². The van der Waals surface area contributed by atoms with Gasteiger partial charge in [-0.15, -0.1) is 0 Å². The van der Waals surface area contributed by atoms with Crippen LogP contribution in [0.1, 0.15) is 26.7 Å². The zero-order valence-electron chi connectivity index (χ0n) is 7.75. The molecular weight excluding hydrogens is 152 g/mol. The van der Waals surface area contributed by atoms with Crippen molar-refractivity contribution in [2.45, 2.75) is 26.7 Å². The summed E-state index contributed by atoms with van der Waals surface area (Å²) in [5.41, 5.74) is 0. The van der Waals surface area contributed by atoms with Gasteiger partial charge in [-0.2, -0.15) is 0 Å². The minimum atomic E-state index is 0.0188. The summed E-state index contributed by atoms with van der Waals surface area (Å²) in [6.07, 6.45) is 2.50. The maximum atomic E-state index is 11.2. The molecule has 2 heteroatoms. The Bertz CT molecular complexity index is 200. The molecule has 0 radical (unpaired) electrons. The highest BCUT2D eigenvalue weighted by Gasteiger charge is 2.43. The second-order valence-corrected chi connectivity index (χ2v) is 4.30. The zero-order valence-corrected chi connectivity index (χ0v) is 7.75. The molecule has 1 heterocycles. The number of hydrogen-bond acceptors (Lipinski definition) is 2. The molecule has 1 saturated heterocycles. The number of esters is 1. The third-order valence-electron chi connectivity index (χ3n) is 3.67. The molecule has 1 aliphatic heterocycles. The molecule has 0 bridgehead atoms. The normalized spacial score (nSPS) is 47.0. The Morgan fingerprint density at radius 3 is 2.75 bits per heavy atom. The maximum absolute atomic E-state index is 11.2. The van der Waals surface area contributed by atoms with Crippen LogP contribution in [0.5, 0.6) is 0 Å². The van der Waals surface area contributed by atoms with Crippen molar-refractivity contribution in [3.05, 3.63) is 0 Å². The summed E-state index contributed by atoms with van der Waals surface area (Å²) >= 11 is 0. The number of ether oxygens (including phenoxy) is 1. The van der Waals surface area contributed by atoms with Gasteiger partial charge in [-0.1, -0.05) is 20.3 Å². The number of cyclic esters (lactones) is 1.